The molecule has 2 rings (SSSR count). The Morgan fingerprint density at radius 1 is 1.32 bits per heavy atom. The summed E-state index contributed by atoms with van der Waals surface area (Å²) in [5.41, 5.74) is 2.58. The van der Waals surface area contributed by atoms with Crippen LogP contribution in [0.3, 0.4) is 0 Å². The first-order valence-electron chi connectivity index (χ1n) is 5.51. The molecule has 0 aliphatic rings. The van der Waals surface area contributed by atoms with E-state index in [0.29, 0.717) is 5.69 Å². The number of hydrogen-bond acceptors (Lipinski definition) is 2. The van der Waals surface area contributed by atoms with Crippen LogP contribution in [0.1, 0.15) is 5.69 Å². The van der Waals surface area contributed by atoms with Crippen molar-refractivity contribution in [3.05, 3.63) is 54.2 Å². The van der Waals surface area contributed by atoms with Crippen LogP contribution in [0.15, 0.2) is 34.8 Å². The minimum atomic E-state index is -0.334. The van der Waals surface area contributed by atoms with E-state index in [-0.39, 0.29) is 10.6 Å². The molecule has 0 unspecified atom stereocenters. The van der Waals surface area contributed by atoms with Gasteiger partial charge in [0.25, 0.3) is 5.69 Å². The molecule has 0 spiro atoms. The van der Waals surface area contributed by atoms with Gasteiger partial charge >= 0.3 is 5.69 Å². The molecule has 1 aromatic heterocycles. The molecule has 0 bridgehead atoms. The topological polar surface area (TPSA) is 47.0 Å². The molecule has 4 nitrogen and oxygen atoms in total. The Hall–Kier alpha value is -1.02. The first-order chi connectivity index (χ1) is 8.91. The largest absolute Gasteiger partial charge is 0.341 e. The molecule has 1 aromatic carbocycles. The van der Waals surface area contributed by atoms with Crippen molar-refractivity contribution >= 4 is 44.2 Å². The molecule has 0 radical (unpaired) electrons. The summed E-state index contributed by atoms with van der Waals surface area (Å²) in [5, 5.41) is 11.3. The number of nitrogens with zero attached hydrogens (tertiary/aromatic N) is 2. The smallest absolute Gasteiger partial charge is 0.258 e. The molecule has 0 fully saturated rings. The summed E-state index contributed by atoms with van der Waals surface area (Å²) < 4.78 is 3.69. The summed E-state index contributed by atoms with van der Waals surface area (Å²) in [6.07, 6.45) is 0. The van der Waals surface area contributed by atoms with Crippen LogP contribution in [0.25, 0.3) is 11.3 Å². The lowest BCUT2D eigenvalue weighted by Crippen LogP contribution is -2.36. The fraction of sp³-hybridized carbons (Fsp3) is 0.154. The normalized spacial score (nSPS) is 10.5. The summed E-state index contributed by atoms with van der Waals surface area (Å²) in [7, 11) is 1.85. The van der Waals surface area contributed by atoms with Gasteiger partial charge in [-0.1, -0.05) is 15.9 Å². The minimum absolute atomic E-state index is 0.125. The third-order valence-corrected chi connectivity index (χ3v) is 4.63. The maximum absolute atomic E-state index is 11.3. The van der Waals surface area contributed by atoms with E-state index < -0.39 is 0 Å². The average Bonchev–Trinajstić information content (AvgIpc) is 2.37. The number of nitro groups is 1. The Morgan fingerprint density at radius 3 is 2.42 bits per heavy atom. The van der Waals surface area contributed by atoms with Gasteiger partial charge in [0.2, 0.25) is 0 Å². The van der Waals surface area contributed by atoms with E-state index in [9.17, 15) is 10.1 Å². The van der Waals surface area contributed by atoms with E-state index in [1.165, 1.54) is 0 Å². The first kappa shape index (κ1) is 14.4. The molecule has 0 aliphatic heterocycles. The van der Waals surface area contributed by atoms with Crippen molar-refractivity contribution in [3.8, 4) is 11.3 Å². The second-order valence-electron chi connectivity index (χ2n) is 4.13. The maximum Gasteiger partial charge on any atom is 0.341 e. The standard InChI is InChI=1S/C13H11BrIN2O2/c1-8-11(15)7-12(17(18)19)13(16(8)2)9-3-5-10(14)6-4-9/h3-7H,1-2H3/q+1. The molecule has 19 heavy (non-hydrogen) atoms. The van der Waals surface area contributed by atoms with E-state index in [2.05, 4.69) is 38.5 Å². The second kappa shape index (κ2) is 5.54. The van der Waals surface area contributed by atoms with Crippen LogP contribution in [-0.4, -0.2) is 4.92 Å². The molecule has 2 aromatic rings. The van der Waals surface area contributed by atoms with Crippen molar-refractivity contribution in [1.82, 2.24) is 0 Å². The van der Waals surface area contributed by atoms with Crippen LogP contribution >= 0.6 is 38.5 Å². The zero-order valence-electron chi connectivity index (χ0n) is 10.4. The quantitative estimate of drug-likeness (QED) is 0.313. The highest BCUT2D eigenvalue weighted by atomic mass is 127. The Bertz CT molecular complexity index is 657. The van der Waals surface area contributed by atoms with Gasteiger partial charge in [-0.2, -0.15) is 4.57 Å². The number of hydrogen-bond donors (Lipinski definition) is 0. The highest BCUT2D eigenvalue weighted by Gasteiger charge is 2.28. The monoisotopic (exact) mass is 433 g/mol. The van der Waals surface area contributed by atoms with Gasteiger partial charge in [-0.3, -0.25) is 10.1 Å². The third kappa shape index (κ3) is 2.79. The van der Waals surface area contributed by atoms with E-state index >= 15 is 0 Å². The van der Waals surface area contributed by atoms with Crippen molar-refractivity contribution in [3.63, 3.8) is 0 Å². The van der Waals surface area contributed by atoms with Crippen molar-refractivity contribution in [2.45, 2.75) is 6.92 Å². The van der Waals surface area contributed by atoms with Gasteiger partial charge in [0.1, 0.15) is 7.05 Å². The highest BCUT2D eigenvalue weighted by Crippen LogP contribution is 2.29. The number of pyridine rings is 1. The summed E-state index contributed by atoms with van der Waals surface area (Å²) in [6, 6.07) is 9.13. The Kier molecular flexibility index (Phi) is 4.19. The molecular formula is C13H11BrIN2O2+. The van der Waals surface area contributed by atoms with E-state index in [1.54, 1.807) is 6.07 Å². The predicted molar refractivity (Wildman–Crippen MR) is 84.9 cm³/mol. The van der Waals surface area contributed by atoms with Crippen LogP contribution < -0.4 is 4.57 Å². The van der Waals surface area contributed by atoms with Crippen LogP contribution in [0.2, 0.25) is 0 Å². The molecule has 0 atom stereocenters. The molecule has 0 saturated carbocycles. The van der Waals surface area contributed by atoms with Gasteiger partial charge in [0.05, 0.1) is 14.1 Å². The summed E-state index contributed by atoms with van der Waals surface area (Å²) in [5.74, 6) is 0. The zero-order valence-corrected chi connectivity index (χ0v) is 14.1. The van der Waals surface area contributed by atoms with E-state index in [0.717, 1.165) is 19.3 Å². The van der Waals surface area contributed by atoms with Crippen molar-refractivity contribution in [2.75, 3.05) is 0 Å². The van der Waals surface area contributed by atoms with Gasteiger partial charge < -0.3 is 0 Å². The maximum atomic E-state index is 11.3. The predicted octanol–water partition coefficient (Wildman–Crippen LogP) is 3.76. The minimum Gasteiger partial charge on any atom is -0.258 e. The Morgan fingerprint density at radius 2 is 1.89 bits per heavy atom. The van der Waals surface area contributed by atoms with Crippen molar-refractivity contribution in [2.24, 2.45) is 7.05 Å². The molecule has 98 valence electrons. The van der Waals surface area contributed by atoms with Gasteiger partial charge in [-0.05, 0) is 46.9 Å². The number of benzene rings is 1. The van der Waals surface area contributed by atoms with Gasteiger partial charge in [0.15, 0.2) is 5.69 Å². The summed E-state index contributed by atoms with van der Waals surface area (Å²) in [6.45, 7) is 1.95. The van der Waals surface area contributed by atoms with Crippen LogP contribution in [0.4, 0.5) is 5.69 Å². The molecule has 0 N–H and O–H groups in total. The van der Waals surface area contributed by atoms with Gasteiger partial charge in [0, 0.05) is 17.5 Å². The fourth-order valence-corrected chi connectivity index (χ4v) is 2.80. The number of rotatable bonds is 2. The summed E-state index contributed by atoms with van der Waals surface area (Å²) >= 11 is 5.49. The second-order valence-corrected chi connectivity index (χ2v) is 6.21. The van der Waals surface area contributed by atoms with E-state index in [1.807, 2.05) is 42.8 Å². The molecular weight excluding hydrogens is 423 g/mol. The Labute approximate surface area is 132 Å². The molecule has 1 heterocycles. The van der Waals surface area contributed by atoms with E-state index in [4.69, 9.17) is 0 Å². The van der Waals surface area contributed by atoms with Gasteiger partial charge in [-0.25, -0.2) is 0 Å². The number of aromatic nitrogens is 1. The lowest BCUT2D eigenvalue weighted by Gasteiger charge is -2.05. The molecule has 0 amide bonds. The van der Waals surface area contributed by atoms with Crippen LogP contribution in [0.5, 0.6) is 0 Å². The van der Waals surface area contributed by atoms with Crippen LogP contribution in [0, 0.1) is 20.6 Å². The van der Waals surface area contributed by atoms with Crippen LogP contribution in [-0.2, 0) is 7.05 Å². The zero-order chi connectivity index (χ0) is 14.2. The third-order valence-electron chi connectivity index (χ3n) is 3.00. The fourth-order valence-electron chi connectivity index (χ4n) is 1.88. The average molecular weight is 434 g/mol. The number of halogens is 2. The molecule has 6 heteroatoms. The lowest BCUT2D eigenvalue weighted by atomic mass is 10.1. The highest BCUT2D eigenvalue weighted by molar-refractivity contribution is 14.1. The lowest BCUT2D eigenvalue weighted by molar-refractivity contribution is -0.669. The van der Waals surface area contributed by atoms with Gasteiger partial charge in [-0.15, -0.1) is 0 Å². The summed E-state index contributed by atoms with van der Waals surface area (Å²) in [4.78, 5) is 10.9. The SMILES string of the molecule is Cc1c(I)cc([N+](=O)[O-])c(-c2ccc(Br)cc2)[n+]1C. The molecule has 0 aliphatic carbocycles. The Balaban J connectivity index is 2.77. The molecule has 0 saturated heterocycles. The first-order valence-corrected chi connectivity index (χ1v) is 7.38. The van der Waals surface area contributed by atoms with Crippen molar-refractivity contribution < 1.29 is 9.49 Å². The van der Waals surface area contributed by atoms with Crippen molar-refractivity contribution in [1.29, 1.82) is 0 Å².